The number of carbonyl (C=O) groups is 2. The summed E-state index contributed by atoms with van der Waals surface area (Å²) in [6.07, 6.45) is 3.79. The lowest BCUT2D eigenvalue weighted by molar-refractivity contribution is -0.156. The maximum Gasteiger partial charge on any atom is 0.319 e. The lowest BCUT2D eigenvalue weighted by Gasteiger charge is -2.18. The number of esters is 1. The summed E-state index contributed by atoms with van der Waals surface area (Å²) in [7, 11) is 0. The van der Waals surface area contributed by atoms with Gasteiger partial charge in [0.15, 0.2) is 5.78 Å². The Morgan fingerprint density at radius 3 is 2.50 bits per heavy atom. The van der Waals surface area contributed by atoms with Gasteiger partial charge in [-0.05, 0) is 38.8 Å². The first-order chi connectivity index (χ1) is 10.5. The predicted octanol–water partition coefficient (Wildman–Crippen LogP) is 3.31. The molecular formula is C18H24O4. The fourth-order valence-corrected chi connectivity index (χ4v) is 1.73. The van der Waals surface area contributed by atoms with Gasteiger partial charge in [-0.3, -0.25) is 9.59 Å². The predicted molar refractivity (Wildman–Crippen MR) is 85.3 cm³/mol. The second-order valence-electron chi connectivity index (χ2n) is 5.44. The van der Waals surface area contributed by atoms with E-state index in [0.29, 0.717) is 19.6 Å². The third-order valence-corrected chi connectivity index (χ3v) is 3.21. The number of ketones is 1. The highest BCUT2D eigenvalue weighted by Gasteiger charge is 2.35. The first-order valence-electron chi connectivity index (χ1n) is 7.48. The molecule has 22 heavy (non-hydrogen) atoms. The summed E-state index contributed by atoms with van der Waals surface area (Å²) in [4.78, 5) is 23.7. The zero-order valence-electron chi connectivity index (χ0n) is 13.5. The number of rotatable bonds is 9. The summed E-state index contributed by atoms with van der Waals surface area (Å²) >= 11 is 0. The van der Waals surface area contributed by atoms with E-state index in [9.17, 15) is 9.59 Å². The molecular weight excluding hydrogens is 280 g/mol. The number of hydrogen-bond donors (Lipinski definition) is 0. The quantitative estimate of drug-likeness (QED) is 0.304. The normalized spacial score (nSPS) is 11.6. The summed E-state index contributed by atoms with van der Waals surface area (Å²) in [5, 5.41) is 0. The third-order valence-electron chi connectivity index (χ3n) is 3.21. The van der Waals surface area contributed by atoms with Gasteiger partial charge in [-0.2, -0.15) is 0 Å². The van der Waals surface area contributed by atoms with E-state index in [-0.39, 0.29) is 12.4 Å². The molecule has 4 heteroatoms. The van der Waals surface area contributed by atoms with Crippen LogP contribution < -0.4 is 0 Å². The van der Waals surface area contributed by atoms with Gasteiger partial charge in [0, 0.05) is 0 Å². The topological polar surface area (TPSA) is 52.6 Å². The molecule has 0 N–H and O–H groups in total. The van der Waals surface area contributed by atoms with Gasteiger partial charge in [0.2, 0.25) is 0 Å². The van der Waals surface area contributed by atoms with Gasteiger partial charge in [0.05, 0.1) is 19.8 Å². The van der Waals surface area contributed by atoms with Crippen molar-refractivity contribution < 1.29 is 19.1 Å². The lowest BCUT2D eigenvalue weighted by atomic mass is 9.88. The van der Waals surface area contributed by atoms with Gasteiger partial charge in [-0.1, -0.05) is 36.4 Å². The molecule has 1 aromatic carbocycles. The molecule has 0 radical (unpaired) electrons. The van der Waals surface area contributed by atoms with Gasteiger partial charge >= 0.3 is 5.97 Å². The van der Waals surface area contributed by atoms with Crippen LogP contribution in [0, 0.1) is 5.41 Å². The van der Waals surface area contributed by atoms with Crippen molar-refractivity contribution in [2.75, 3.05) is 13.2 Å². The molecule has 0 unspecified atom stereocenters. The standard InChI is InChI=1S/C18H24O4/c1-4-22-17(20)18(2,3)16(19)12-8-9-13-21-14-15-10-6-5-7-11-15/h5-8,10-12H,4,9,13-14H2,1-3H3/b12-8+. The molecule has 0 aliphatic rings. The Kier molecular flexibility index (Phi) is 7.54. The first kappa shape index (κ1) is 18.1. The maximum atomic E-state index is 12.0. The fraction of sp³-hybridized carbons (Fsp3) is 0.444. The minimum atomic E-state index is -1.14. The van der Waals surface area contributed by atoms with Crippen molar-refractivity contribution in [1.82, 2.24) is 0 Å². The van der Waals surface area contributed by atoms with Crippen LogP contribution in [-0.4, -0.2) is 25.0 Å². The van der Waals surface area contributed by atoms with Gasteiger partial charge < -0.3 is 9.47 Å². The van der Waals surface area contributed by atoms with Crippen LogP contribution >= 0.6 is 0 Å². The van der Waals surface area contributed by atoms with Gasteiger partial charge in [0.1, 0.15) is 5.41 Å². The van der Waals surface area contributed by atoms with E-state index >= 15 is 0 Å². The average molecular weight is 304 g/mol. The minimum absolute atomic E-state index is 0.256. The van der Waals surface area contributed by atoms with Crippen molar-refractivity contribution in [3.63, 3.8) is 0 Å². The van der Waals surface area contributed by atoms with Gasteiger partial charge in [-0.25, -0.2) is 0 Å². The van der Waals surface area contributed by atoms with E-state index in [1.807, 2.05) is 30.3 Å². The molecule has 1 aromatic rings. The number of ether oxygens (including phenoxy) is 2. The van der Waals surface area contributed by atoms with Gasteiger partial charge in [0.25, 0.3) is 0 Å². The molecule has 0 amide bonds. The Hall–Kier alpha value is -1.94. The Balaban J connectivity index is 2.30. The maximum absolute atomic E-state index is 12.0. The molecule has 0 aromatic heterocycles. The van der Waals surface area contributed by atoms with Crippen LogP contribution in [-0.2, 0) is 25.7 Å². The molecule has 0 saturated heterocycles. The average Bonchev–Trinajstić information content (AvgIpc) is 2.51. The SMILES string of the molecule is CCOC(=O)C(C)(C)C(=O)/C=C/CCOCc1ccccc1. The molecule has 0 heterocycles. The van der Waals surface area contributed by atoms with Crippen LogP contribution in [0.3, 0.4) is 0 Å². The molecule has 1 rings (SSSR count). The second kappa shape index (κ2) is 9.15. The number of allylic oxidation sites excluding steroid dienone is 1. The molecule has 0 bridgehead atoms. The van der Waals surface area contributed by atoms with Crippen molar-refractivity contribution in [2.24, 2.45) is 5.41 Å². The molecule has 0 atom stereocenters. The van der Waals surface area contributed by atoms with E-state index in [1.54, 1.807) is 26.8 Å². The van der Waals surface area contributed by atoms with Crippen molar-refractivity contribution in [3.8, 4) is 0 Å². The van der Waals surface area contributed by atoms with Crippen molar-refractivity contribution in [3.05, 3.63) is 48.0 Å². The van der Waals surface area contributed by atoms with E-state index in [4.69, 9.17) is 9.47 Å². The lowest BCUT2D eigenvalue weighted by Crippen LogP contribution is -2.34. The number of hydrogen-bond acceptors (Lipinski definition) is 4. The van der Waals surface area contributed by atoms with E-state index in [0.717, 1.165) is 5.56 Å². The summed E-state index contributed by atoms with van der Waals surface area (Å²) in [5.41, 5.74) is -0.0248. The Morgan fingerprint density at radius 2 is 1.86 bits per heavy atom. The Labute approximate surface area is 132 Å². The van der Waals surface area contributed by atoms with Crippen molar-refractivity contribution in [2.45, 2.75) is 33.8 Å². The Bertz CT molecular complexity index is 503. The fourth-order valence-electron chi connectivity index (χ4n) is 1.73. The van der Waals surface area contributed by atoms with Crippen LogP contribution in [0.15, 0.2) is 42.5 Å². The first-order valence-corrected chi connectivity index (χ1v) is 7.48. The molecule has 4 nitrogen and oxygen atoms in total. The van der Waals surface area contributed by atoms with Crippen LogP contribution in [0.25, 0.3) is 0 Å². The molecule has 0 spiro atoms. The number of benzene rings is 1. The smallest absolute Gasteiger partial charge is 0.319 e. The van der Waals surface area contributed by atoms with Crippen LogP contribution in [0.1, 0.15) is 32.8 Å². The highest BCUT2D eigenvalue weighted by molar-refractivity contribution is 6.08. The zero-order valence-corrected chi connectivity index (χ0v) is 13.5. The van der Waals surface area contributed by atoms with Crippen LogP contribution in [0.4, 0.5) is 0 Å². The summed E-state index contributed by atoms with van der Waals surface area (Å²) < 4.78 is 10.4. The minimum Gasteiger partial charge on any atom is -0.465 e. The molecule has 0 fully saturated rings. The van der Waals surface area contributed by atoms with E-state index in [2.05, 4.69) is 0 Å². The largest absolute Gasteiger partial charge is 0.465 e. The van der Waals surface area contributed by atoms with E-state index < -0.39 is 11.4 Å². The highest BCUT2D eigenvalue weighted by atomic mass is 16.5. The van der Waals surface area contributed by atoms with Gasteiger partial charge in [-0.15, -0.1) is 0 Å². The number of carbonyl (C=O) groups excluding carboxylic acids is 2. The summed E-state index contributed by atoms with van der Waals surface area (Å²) in [5.74, 6) is -0.751. The molecule has 120 valence electrons. The molecule has 0 aliphatic carbocycles. The van der Waals surface area contributed by atoms with E-state index in [1.165, 1.54) is 6.08 Å². The zero-order chi connectivity index (χ0) is 16.4. The van der Waals surface area contributed by atoms with Crippen LogP contribution in [0.2, 0.25) is 0 Å². The summed E-state index contributed by atoms with van der Waals surface area (Å²) in [6, 6.07) is 9.90. The molecule has 0 aliphatic heterocycles. The Morgan fingerprint density at radius 1 is 1.18 bits per heavy atom. The van der Waals surface area contributed by atoms with Crippen molar-refractivity contribution in [1.29, 1.82) is 0 Å². The van der Waals surface area contributed by atoms with Crippen LogP contribution in [0.5, 0.6) is 0 Å². The third kappa shape index (κ3) is 5.82. The second-order valence-corrected chi connectivity index (χ2v) is 5.44. The summed E-state index contributed by atoms with van der Waals surface area (Å²) in [6.45, 7) is 6.22. The highest BCUT2D eigenvalue weighted by Crippen LogP contribution is 2.19. The molecule has 0 saturated carbocycles. The van der Waals surface area contributed by atoms with Crippen molar-refractivity contribution >= 4 is 11.8 Å². The monoisotopic (exact) mass is 304 g/mol.